The highest BCUT2D eigenvalue weighted by Crippen LogP contribution is 2.54. The molecule has 28 rings (SSSR count). The number of nitrogens with zero attached hydrogens (tertiary/aromatic N) is 7. The minimum absolute atomic E-state index is 0.00769. The smallest absolute Gasteiger partial charge is 0.252 e. The summed E-state index contributed by atoms with van der Waals surface area (Å²) in [7, 11) is 0. The van der Waals surface area contributed by atoms with E-state index in [4.69, 9.17) is 8.83 Å². The van der Waals surface area contributed by atoms with Gasteiger partial charge < -0.3 is 43.1 Å². The summed E-state index contributed by atoms with van der Waals surface area (Å²) in [6, 6.07) is 162. The Morgan fingerprint density at radius 1 is 0.190 bits per heavy atom. The van der Waals surface area contributed by atoms with Crippen molar-refractivity contribution >= 4 is 243 Å². The van der Waals surface area contributed by atoms with Gasteiger partial charge in [-0.15, -0.1) is 0 Å². The van der Waals surface area contributed by atoms with Gasteiger partial charge in [-0.25, -0.2) is 0 Å². The molecule has 20 aromatic carbocycles. The molecular formula is C130H98B3N7O2. The fraction of sp³-hybridized carbons (Fsp3) is 0.0923. The maximum absolute atomic E-state index is 6.80. The van der Waals surface area contributed by atoms with E-state index >= 15 is 0 Å². The second-order valence-electron chi connectivity index (χ2n) is 42.3. The molecule has 0 radical (unpaired) electrons. The highest BCUT2D eigenvalue weighted by molar-refractivity contribution is 7.02. The van der Waals surface area contributed by atoms with E-state index in [0.717, 1.165) is 168 Å². The summed E-state index contributed by atoms with van der Waals surface area (Å²) in [5.41, 5.74) is 46.2. The van der Waals surface area contributed by atoms with Crippen LogP contribution in [-0.2, 0) is 16.2 Å². The van der Waals surface area contributed by atoms with E-state index in [2.05, 4.69) is 521 Å². The van der Waals surface area contributed by atoms with Crippen molar-refractivity contribution in [3.63, 3.8) is 0 Å². The quantitative estimate of drug-likeness (QED) is 0.118. The monoisotopic (exact) mass is 1820 g/mol. The minimum atomic E-state index is -0.186. The Balaban J connectivity index is 0.595. The van der Waals surface area contributed by atoms with Gasteiger partial charge in [-0.2, -0.15) is 0 Å². The molecule has 2 aromatic heterocycles. The highest BCUT2D eigenvalue weighted by Gasteiger charge is 2.49. The number of furan rings is 2. The fourth-order valence-electron chi connectivity index (χ4n) is 24.3. The van der Waals surface area contributed by atoms with Crippen molar-refractivity contribution in [2.24, 2.45) is 0 Å². The number of fused-ring (bicyclic) bond motifs is 19. The largest absolute Gasteiger partial charge is 0.456 e. The predicted octanol–water partition coefficient (Wildman–Crippen LogP) is 29.6. The van der Waals surface area contributed by atoms with Crippen LogP contribution >= 0.6 is 0 Å². The molecule has 142 heavy (non-hydrogen) atoms. The summed E-state index contributed by atoms with van der Waals surface area (Å²) in [5.74, 6) is 0. The fourth-order valence-corrected chi connectivity index (χ4v) is 24.3. The van der Waals surface area contributed by atoms with Gasteiger partial charge in [-0.3, -0.25) is 0 Å². The first-order valence-electron chi connectivity index (χ1n) is 49.8. The van der Waals surface area contributed by atoms with Crippen molar-refractivity contribution in [3.8, 4) is 22.3 Å². The lowest BCUT2D eigenvalue weighted by molar-refractivity contribution is 0.590. The number of hydrogen-bond donors (Lipinski definition) is 0. The Morgan fingerprint density at radius 2 is 0.563 bits per heavy atom. The van der Waals surface area contributed by atoms with Crippen LogP contribution in [-0.4, -0.2) is 20.1 Å². The van der Waals surface area contributed by atoms with Crippen LogP contribution in [0.3, 0.4) is 0 Å². The van der Waals surface area contributed by atoms with Gasteiger partial charge in [0.15, 0.2) is 0 Å². The van der Waals surface area contributed by atoms with E-state index < -0.39 is 0 Å². The van der Waals surface area contributed by atoms with Crippen molar-refractivity contribution in [2.75, 3.05) is 34.3 Å². The van der Waals surface area contributed by atoms with Crippen LogP contribution in [0.25, 0.3) is 76.9 Å². The molecule has 0 fully saturated rings. The van der Waals surface area contributed by atoms with Gasteiger partial charge >= 0.3 is 0 Å². The Hall–Kier alpha value is -16.9. The Bertz CT molecular complexity index is 9010. The minimum Gasteiger partial charge on any atom is -0.456 e. The standard InChI is InChI=1S/C130H98B3N7O2/c1-128(2,3)86-55-59-92(60-56-86)135-112-70-58-87(129(4,5)6)76-107(112)133-104-67-57-88(130(7,8)9)77-117(104)140(116-50-30-47-113(135)126(116)133)108-46-28-32-84-71-82(53-64-97(84)108)81-31-27-39-93(72-81)134(89-33-13-10-14-34-89)94-63-68-105-118(78-94)137(91-37-17-12-18-38-91)120-75-85(74-119-127(120)131(105)102-42-21-23-44-109(102)136(119)90-35-15-11-16-36-90)83-54-69-111-106(73-83)132-103-43-22-24-45-110(103)138(95-61-65-100-98-40-19-25-51-121(98)141-123(100)79-95)114-48-29-49-115(125(114)132)139(111)96-62-66-101-99-41-20-26-52-122(99)142-124(101)80-96/h10-80H,1-9H3. The van der Waals surface area contributed by atoms with E-state index in [9.17, 15) is 0 Å². The summed E-state index contributed by atoms with van der Waals surface area (Å²) < 4.78 is 13.5. The van der Waals surface area contributed by atoms with Crippen molar-refractivity contribution < 1.29 is 8.83 Å². The lowest BCUT2D eigenvalue weighted by Crippen LogP contribution is -2.61. The summed E-state index contributed by atoms with van der Waals surface area (Å²) in [6.45, 7) is 20.6. The van der Waals surface area contributed by atoms with Gasteiger partial charge in [0.25, 0.3) is 20.1 Å². The molecule has 6 aliphatic heterocycles. The third-order valence-corrected chi connectivity index (χ3v) is 31.0. The zero-order valence-electron chi connectivity index (χ0n) is 80.7. The normalized spacial score (nSPS) is 13.7. The van der Waals surface area contributed by atoms with Crippen LogP contribution in [0.5, 0.6) is 0 Å². The van der Waals surface area contributed by atoms with Crippen LogP contribution in [0, 0.1) is 0 Å². The SMILES string of the molecule is CC(C)(C)c1ccc(N2c3ccc(C(C)(C)C)cc3B3c4ccc(C(C)(C)C)cc4N(c4cccc5cc(-c6cccc(N(c7ccccc7)c7ccc8c(c7)N(c7ccccc7)c7cc(-c9ccc%10c(c9)B9c%11ccccc%11N(c%11ccc%12c(c%11)oc%11ccccc%11%12)c%11cccc(c%119)N%10c9ccc%10c(c9)oc9ccccc9%10)cc9c7B8c7ccccc7N9c7ccccc7)c6)ccc45)c4cccc2c43)cc1. The van der Waals surface area contributed by atoms with Crippen LogP contribution in [0.4, 0.5) is 119 Å². The topological polar surface area (TPSA) is 49.0 Å². The average molecular weight is 1820 g/mol. The molecule has 0 aliphatic carbocycles. The number of benzene rings is 20. The van der Waals surface area contributed by atoms with E-state index in [0.29, 0.717) is 0 Å². The van der Waals surface area contributed by atoms with Gasteiger partial charge in [0.2, 0.25) is 0 Å². The van der Waals surface area contributed by atoms with Gasteiger partial charge in [-0.1, -0.05) is 293 Å². The molecule has 0 spiro atoms. The van der Waals surface area contributed by atoms with Crippen molar-refractivity contribution in [1.82, 2.24) is 0 Å². The first kappa shape index (κ1) is 83.2. The van der Waals surface area contributed by atoms with Crippen LogP contribution < -0.4 is 83.5 Å². The molecule has 0 unspecified atom stereocenters. The molecule has 0 saturated carbocycles. The first-order valence-corrected chi connectivity index (χ1v) is 49.8. The second-order valence-corrected chi connectivity index (χ2v) is 42.3. The maximum atomic E-state index is 6.80. The number of para-hydroxylation sites is 7. The zero-order valence-corrected chi connectivity index (χ0v) is 80.7. The lowest BCUT2D eigenvalue weighted by atomic mass is 9.33. The second kappa shape index (κ2) is 31.3. The van der Waals surface area contributed by atoms with Gasteiger partial charge in [0.05, 0.1) is 5.69 Å². The molecule has 674 valence electrons. The maximum Gasteiger partial charge on any atom is 0.252 e. The average Bonchev–Trinajstić information content (AvgIpc) is 0.739. The highest BCUT2D eigenvalue weighted by atomic mass is 16.3. The number of rotatable bonds is 11. The van der Waals surface area contributed by atoms with Gasteiger partial charge in [0.1, 0.15) is 22.3 Å². The summed E-state index contributed by atoms with van der Waals surface area (Å²) in [4.78, 5) is 17.7. The van der Waals surface area contributed by atoms with E-state index in [-0.39, 0.29) is 36.4 Å². The van der Waals surface area contributed by atoms with Crippen LogP contribution in [0.15, 0.2) is 440 Å². The number of anilines is 21. The molecule has 0 bridgehead atoms. The molecule has 9 nitrogen and oxygen atoms in total. The van der Waals surface area contributed by atoms with Gasteiger partial charge in [0, 0.05) is 153 Å². The van der Waals surface area contributed by atoms with E-state index in [1.807, 2.05) is 6.07 Å². The number of hydrogen-bond acceptors (Lipinski definition) is 9. The Morgan fingerprint density at radius 3 is 1.16 bits per heavy atom. The molecule has 0 saturated heterocycles. The predicted molar refractivity (Wildman–Crippen MR) is 602 cm³/mol. The van der Waals surface area contributed by atoms with Crippen molar-refractivity contribution in [2.45, 2.75) is 78.6 Å². The molecule has 12 heteroatoms. The van der Waals surface area contributed by atoms with Gasteiger partial charge in [-0.05, 0) is 298 Å². The van der Waals surface area contributed by atoms with Crippen molar-refractivity contribution in [1.29, 1.82) is 0 Å². The summed E-state index contributed by atoms with van der Waals surface area (Å²) in [6.07, 6.45) is 0. The molecule has 0 N–H and O–H groups in total. The molecule has 22 aromatic rings. The van der Waals surface area contributed by atoms with Crippen LogP contribution in [0.1, 0.15) is 79.0 Å². The lowest BCUT2D eigenvalue weighted by Gasteiger charge is -2.45. The van der Waals surface area contributed by atoms with E-state index in [1.165, 1.54) is 94.0 Å². The summed E-state index contributed by atoms with van der Waals surface area (Å²) in [5, 5.41) is 6.71. The third-order valence-electron chi connectivity index (χ3n) is 31.0. The Labute approximate surface area is 828 Å². The first-order chi connectivity index (χ1) is 69.3. The Kier molecular flexibility index (Phi) is 18.3. The van der Waals surface area contributed by atoms with Crippen molar-refractivity contribution in [3.05, 3.63) is 447 Å². The molecular weight excluding hydrogens is 1720 g/mol. The van der Waals surface area contributed by atoms with Crippen LogP contribution in [0.2, 0.25) is 0 Å². The molecule has 0 atom stereocenters. The third kappa shape index (κ3) is 12.8. The summed E-state index contributed by atoms with van der Waals surface area (Å²) >= 11 is 0. The molecule has 6 aliphatic rings. The molecule has 8 heterocycles. The zero-order chi connectivity index (χ0) is 95.0. The molecule has 0 amide bonds. The van der Waals surface area contributed by atoms with E-state index in [1.54, 1.807) is 0 Å².